The van der Waals surface area contributed by atoms with E-state index in [2.05, 4.69) is 17.2 Å². The highest BCUT2D eigenvalue weighted by Gasteiger charge is 2.17. The fraction of sp³-hybridized carbons (Fsp3) is 0.615. The van der Waals surface area contributed by atoms with Crippen LogP contribution in [0.1, 0.15) is 32.6 Å². The van der Waals surface area contributed by atoms with Gasteiger partial charge in [-0.1, -0.05) is 31.4 Å². The molecule has 1 aromatic heterocycles. The van der Waals surface area contributed by atoms with E-state index in [4.69, 9.17) is 11.6 Å². The Bertz CT molecular complexity index is 315. The first-order valence-electron chi connectivity index (χ1n) is 6.09. The Hall–Kier alpha value is -0.760. The minimum absolute atomic E-state index is 0.692. The Morgan fingerprint density at radius 2 is 2.06 bits per heavy atom. The minimum Gasteiger partial charge on any atom is -0.370 e. The third kappa shape index (κ3) is 3.38. The number of rotatable bonds is 3. The largest absolute Gasteiger partial charge is 0.370 e. The molecule has 0 amide bonds. The van der Waals surface area contributed by atoms with E-state index in [1.807, 2.05) is 12.1 Å². The number of nitrogens with one attached hydrogen (secondary N) is 1. The molecule has 2 nitrogen and oxygen atoms in total. The Labute approximate surface area is 102 Å². The maximum atomic E-state index is 5.79. The molecule has 1 fully saturated rings. The van der Waals surface area contributed by atoms with Crippen LogP contribution in [-0.4, -0.2) is 11.5 Å². The summed E-state index contributed by atoms with van der Waals surface area (Å²) in [7, 11) is 0. The van der Waals surface area contributed by atoms with Gasteiger partial charge in [0, 0.05) is 12.7 Å². The van der Waals surface area contributed by atoms with Gasteiger partial charge in [-0.3, -0.25) is 0 Å². The second-order valence-corrected chi connectivity index (χ2v) is 5.30. The van der Waals surface area contributed by atoms with Crippen LogP contribution in [0.4, 0.5) is 5.82 Å². The highest BCUT2D eigenvalue weighted by molar-refractivity contribution is 6.30. The zero-order valence-electron chi connectivity index (χ0n) is 9.75. The number of nitrogens with zero attached hydrogens (tertiary/aromatic N) is 1. The lowest BCUT2D eigenvalue weighted by atomic mass is 9.83. The predicted octanol–water partition coefficient (Wildman–Crippen LogP) is 3.97. The molecule has 0 radical (unpaired) electrons. The quantitative estimate of drug-likeness (QED) is 0.862. The third-order valence-electron chi connectivity index (χ3n) is 3.43. The summed E-state index contributed by atoms with van der Waals surface area (Å²) in [6.07, 6.45) is 7.14. The van der Waals surface area contributed by atoms with Crippen molar-refractivity contribution in [3.05, 3.63) is 23.4 Å². The van der Waals surface area contributed by atoms with Crippen LogP contribution >= 0.6 is 11.6 Å². The molecule has 0 saturated heterocycles. The Balaban J connectivity index is 1.77. The van der Waals surface area contributed by atoms with Gasteiger partial charge in [0.15, 0.2) is 0 Å². The van der Waals surface area contributed by atoms with Crippen LogP contribution in [0.5, 0.6) is 0 Å². The van der Waals surface area contributed by atoms with Gasteiger partial charge < -0.3 is 5.32 Å². The predicted molar refractivity (Wildman–Crippen MR) is 68.9 cm³/mol. The fourth-order valence-corrected chi connectivity index (χ4v) is 2.37. The molecular formula is C13H19ClN2. The molecule has 1 aromatic rings. The van der Waals surface area contributed by atoms with E-state index in [0.29, 0.717) is 5.02 Å². The molecule has 2 rings (SSSR count). The smallest absolute Gasteiger partial charge is 0.125 e. The van der Waals surface area contributed by atoms with Gasteiger partial charge in [-0.15, -0.1) is 0 Å². The van der Waals surface area contributed by atoms with Crippen molar-refractivity contribution in [3.63, 3.8) is 0 Å². The van der Waals surface area contributed by atoms with Crippen molar-refractivity contribution >= 4 is 17.4 Å². The zero-order valence-corrected chi connectivity index (χ0v) is 10.5. The fourth-order valence-electron chi connectivity index (χ4n) is 2.26. The van der Waals surface area contributed by atoms with Crippen LogP contribution in [0.25, 0.3) is 0 Å². The van der Waals surface area contributed by atoms with Crippen molar-refractivity contribution in [2.24, 2.45) is 11.8 Å². The SMILES string of the molecule is CC1CCC(CNc2ccc(Cl)cn2)CC1. The lowest BCUT2D eigenvalue weighted by Gasteiger charge is -2.26. The Morgan fingerprint density at radius 1 is 1.31 bits per heavy atom. The highest BCUT2D eigenvalue weighted by Crippen LogP contribution is 2.28. The molecule has 16 heavy (non-hydrogen) atoms. The van der Waals surface area contributed by atoms with Crippen LogP contribution in [-0.2, 0) is 0 Å². The molecule has 88 valence electrons. The molecule has 1 saturated carbocycles. The number of halogens is 1. The molecule has 3 heteroatoms. The normalized spacial score (nSPS) is 25.4. The second kappa shape index (κ2) is 5.53. The van der Waals surface area contributed by atoms with Crippen molar-refractivity contribution in [1.29, 1.82) is 0 Å². The van der Waals surface area contributed by atoms with E-state index in [0.717, 1.165) is 24.2 Å². The summed E-state index contributed by atoms with van der Waals surface area (Å²) in [5.74, 6) is 2.67. The summed E-state index contributed by atoms with van der Waals surface area (Å²) in [5, 5.41) is 4.08. The molecule has 1 heterocycles. The van der Waals surface area contributed by atoms with Crippen LogP contribution < -0.4 is 5.32 Å². The molecule has 0 spiro atoms. The van der Waals surface area contributed by atoms with Crippen molar-refractivity contribution < 1.29 is 0 Å². The molecule has 0 atom stereocenters. The van der Waals surface area contributed by atoms with E-state index in [1.165, 1.54) is 25.7 Å². The van der Waals surface area contributed by atoms with Gasteiger partial charge in [-0.05, 0) is 36.8 Å². The van der Waals surface area contributed by atoms with E-state index in [9.17, 15) is 0 Å². The standard InChI is InChI=1S/C13H19ClN2/c1-10-2-4-11(5-3-10)8-15-13-7-6-12(14)9-16-13/h6-7,9-11H,2-5,8H2,1H3,(H,15,16). The molecule has 0 aliphatic heterocycles. The summed E-state index contributed by atoms with van der Waals surface area (Å²) in [5.41, 5.74) is 0. The lowest BCUT2D eigenvalue weighted by Crippen LogP contribution is -2.20. The van der Waals surface area contributed by atoms with E-state index >= 15 is 0 Å². The van der Waals surface area contributed by atoms with Gasteiger partial charge in [0.25, 0.3) is 0 Å². The molecule has 1 aliphatic carbocycles. The van der Waals surface area contributed by atoms with Gasteiger partial charge in [-0.2, -0.15) is 0 Å². The number of anilines is 1. The van der Waals surface area contributed by atoms with Crippen molar-refractivity contribution in [3.8, 4) is 0 Å². The van der Waals surface area contributed by atoms with Gasteiger partial charge in [0.2, 0.25) is 0 Å². The highest BCUT2D eigenvalue weighted by atomic mass is 35.5. The average Bonchev–Trinajstić information content (AvgIpc) is 2.30. The van der Waals surface area contributed by atoms with Gasteiger partial charge in [-0.25, -0.2) is 4.98 Å². The van der Waals surface area contributed by atoms with Crippen molar-refractivity contribution in [1.82, 2.24) is 4.98 Å². The second-order valence-electron chi connectivity index (χ2n) is 4.87. The van der Waals surface area contributed by atoms with Gasteiger partial charge in [0.1, 0.15) is 5.82 Å². The van der Waals surface area contributed by atoms with E-state index in [-0.39, 0.29) is 0 Å². The summed E-state index contributed by atoms with van der Waals surface area (Å²) in [4.78, 5) is 4.23. The van der Waals surface area contributed by atoms with Gasteiger partial charge in [0.05, 0.1) is 5.02 Å². The first-order valence-corrected chi connectivity index (χ1v) is 6.47. The number of hydrogen-bond acceptors (Lipinski definition) is 2. The molecular weight excluding hydrogens is 220 g/mol. The summed E-state index contributed by atoms with van der Waals surface area (Å²) in [6.45, 7) is 3.39. The van der Waals surface area contributed by atoms with Gasteiger partial charge >= 0.3 is 0 Å². The summed E-state index contributed by atoms with van der Waals surface area (Å²) >= 11 is 5.79. The van der Waals surface area contributed by atoms with Crippen LogP contribution in [0.2, 0.25) is 5.02 Å². The molecule has 0 aromatic carbocycles. The number of aromatic nitrogens is 1. The van der Waals surface area contributed by atoms with Crippen molar-refractivity contribution in [2.45, 2.75) is 32.6 Å². The number of hydrogen-bond donors (Lipinski definition) is 1. The maximum absolute atomic E-state index is 5.79. The first kappa shape index (κ1) is 11.7. The van der Waals surface area contributed by atoms with E-state index < -0.39 is 0 Å². The molecule has 0 unspecified atom stereocenters. The topological polar surface area (TPSA) is 24.9 Å². The number of pyridine rings is 1. The van der Waals surface area contributed by atoms with Crippen molar-refractivity contribution in [2.75, 3.05) is 11.9 Å². The van der Waals surface area contributed by atoms with Crippen LogP contribution in [0, 0.1) is 11.8 Å². The monoisotopic (exact) mass is 238 g/mol. The summed E-state index contributed by atoms with van der Waals surface area (Å²) in [6, 6.07) is 3.81. The Morgan fingerprint density at radius 3 is 2.69 bits per heavy atom. The lowest BCUT2D eigenvalue weighted by molar-refractivity contribution is 0.300. The molecule has 1 aliphatic rings. The first-order chi connectivity index (χ1) is 7.74. The molecule has 1 N–H and O–H groups in total. The Kier molecular flexibility index (Phi) is 4.05. The summed E-state index contributed by atoms with van der Waals surface area (Å²) < 4.78 is 0. The average molecular weight is 239 g/mol. The van der Waals surface area contributed by atoms with Crippen LogP contribution in [0.3, 0.4) is 0 Å². The zero-order chi connectivity index (χ0) is 11.4. The third-order valence-corrected chi connectivity index (χ3v) is 3.66. The maximum Gasteiger partial charge on any atom is 0.125 e. The molecule has 0 bridgehead atoms. The minimum atomic E-state index is 0.692. The van der Waals surface area contributed by atoms with Crippen LogP contribution in [0.15, 0.2) is 18.3 Å². The van der Waals surface area contributed by atoms with E-state index in [1.54, 1.807) is 6.20 Å².